The van der Waals surface area contributed by atoms with E-state index in [0.717, 1.165) is 31.9 Å². The molecule has 1 amide bonds. The predicted molar refractivity (Wildman–Crippen MR) is 92.8 cm³/mol. The van der Waals surface area contributed by atoms with Gasteiger partial charge >= 0.3 is 0 Å². The fraction of sp³-hybridized carbons (Fsp3) is 0.333. The average molecular weight is 356 g/mol. The number of thiocarbonyl (C=S) groups is 1. The predicted octanol–water partition coefficient (Wildman–Crippen LogP) is 1.41. The van der Waals surface area contributed by atoms with Crippen LogP contribution in [0, 0.1) is 0 Å². The van der Waals surface area contributed by atoms with E-state index >= 15 is 0 Å². The molecule has 116 valence electrons. The van der Waals surface area contributed by atoms with Gasteiger partial charge in [0.2, 0.25) is 0 Å². The van der Waals surface area contributed by atoms with Gasteiger partial charge in [-0.05, 0) is 23.8 Å². The lowest BCUT2D eigenvalue weighted by atomic mass is 10.2. The van der Waals surface area contributed by atoms with E-state index in [1.165, 1.54) is 16.7 Å². The molecule has 1 N–H and O–H groups in total. The number of nitrogens with one attached hydrogen (secondary N) is 1. The maximum absolute atomic E-state index is 12.5. The molecule has 0 atom stereocenters. The first-order valence-corrected chi connectivity index (χ1v) is 8.66. The molecule has 2 aliphatic heterocycles. The second kappa shape index (κ2) is 7.10. The zero-order chi connectivity index (χ0) is 15.5. The van der Waals surface area contributed by atoms with E-state index in [2.05, 4.69) is 0 Å². The minimum absolute atomic E-state index is 0.0102. The van der Waals surface area contributed by atoms with Gasteiger partial charge < -0.3 is 9.64 Å². The quantitative estimate of drug-likeness (QED) is 0.656. The minimum atomic E-state index is -0.0102. The SMILES string of the molecule is O=C1/C(=C\c2ccc(Cl)cc2)SC(=S)N1C[NH+]1CCOCC1. The maximum Gasteiger partial charge on any atom is 0.270 e. The summed E-state index contributed by atoms with van der Waals surface area (Å²) >= 11 is 12.6. The van der Waals surface area contributed by atoms with E-state index in [0.29, 0.717) is 20.9 Å². The molecular formula is C15H16ClN2O2S2+. The highest BCUT2D eigenvalue weighted by atomic mass is 35.5. The van der Waals surface area contributed by atoms with Crippen LogP contribution in [0.1, 0.15) is 5.56 Å². The molecule has 0 aliphatic carbocycles. The summed E-state index contributed by atoms with van der Waals surface area (Å²) in [4.78, 5) is 16.2. The summed E-state index contributed by atoms with van der Waals surface area (Å²) in [6.45, 7) is 3.92. The Morgan fingerprint density at radius 3 is 2.68 bits per heavy atom. The van der Waals surface area contributed by atoms with E-state index in [9.17, 15) is 4.79 Å². The van der Waals surface area contributed by atoms with E-state index in [4.69, 9.17) is 28.6 Å². The van der Waals surface area contributed by atoms with Crippen LogP contribution >= 0.6 is 35.6 Å². The van der Waals surface area contributed by atoms with Crippen molar-refractivity contribution >= 4 is 51.9 Å². The molecule has 0 spiro atoms. The normalized spacial score (nSPS) is 21.9. The number of morpholine rings is 1. The number of ether oxygens (including phenoxy) is 1. The fourth-order valence-corrected chi connectivity index (χ4v) is 3.77. The zero-order valence-corrected chi connectivity index (χ0v) is 14.3. The Labute approximate surface area is 144 Å². The lowest BCUT2D eigenvalue weighted by Gasteiger charge is -2.27. The summed E-state index contributed by atoms with van der Waals surface area (Å²) in [6, 6.07) is 7.40. The van der Waals surface area contributed by atoms with Crippen molar-refractivity contribution in [3.8, 4) is 0 Å². The monoisotopic (exact) mass is 355 g/mol. The Morgan fingerprint density at radius 1 is 1.32 bits per heavy atom. The highest BCUT2D eigenvalue weighted by Crippen LogP contribution is 2.31. The van der Waals surface area contributed by atoms with Crippen LogP contribution in [0.3, 0.4) is 0 Å². The first-order chi connectivity index (χ1) is 10.6. The molecule has 0 saturated carbocycles. The zero-order valence-electron chi connectivity index (χ0n) is 11.9. The molecule has 2 fully saturated rings. The number of quaternary nitrogens is 1. The van der Waals surface area contributed by atoms with Crippen LogP contribution in [0.5, 0.6) is 0 Å². The van der Waals surface area contributed by atoms with Gasteiger partial charge in [0.1, 0.15) is 13.1 Å². The highest BCUT2D eigenvalue weighted by Gasteiger charge is 2.34. The van der Waals surface area contributed by atoms with E-state index in [1.54, 1.807) is 4.90 Å². The summed E-state index contributed by atoms with van der Waals surface area (Å²) < 4.78 is 5.97. The van der Waals surface area contributed by atoms with Crippen LogP contribution in [0.25, 0.3) is 6.08 Å². The number of amides is 1. The van der Waals surface area contributed by atoms with Crippen molar-refractivity contribution in [2.24, 2.45) is 0 Å². The lowest BCUT2D eigenvalue weighted by Crippen LogP contribution is -3.15. The van der Waals surface area contributed by atoms with Crippen LogP contribution in [0.15, 0.2) is 29.2 Å². The van der Waals surface area contributed by atoms with Crippen molar-refractivity contribution in [2.45, 2.75) is 0 Å². The van der Waals surface area contributed by atoms with Gasteiger partial charge in [-0.15, -0.1) is 0 Å². The molecule has 1 aromatic carbocycles. The minimum Gasteiger partial charge on any atom is -0.370 e. The molecule has 2 heterocycles. The van der Waals surface area contributed by atoms with Crippen molar-refractivity contribution in [1.82, 2.24) is 4.90 Å². The molecule has 2 saturated heterocycles. The third-order valence-electron chi connectivity index (χ3n) is 3.62. The molecule has 3 rings (SSSR count). The molecule has 2 aliphatic rings. The van der Waals surface area contributed by atoms with E-state index in [1.807, 2.05) is 30.3 Å². The average Bonchev–Trinajstić information content (AvgIpc) is 2.78. The summed E-state index contributed by atoms with van der Waals surface area (Å²) in [7, 11) is 0. The van der Waals surface area contributed by atoms with Gasteiger partial charge in [0.05, 0.1) is 18.1 Å². The Morgan fingerprint density at radius 2 is 2.00 bits per heavy atom. The third-order valence-corrected chi connectivity index (χ3v) is 5.25. The van der Waals surface area contributed by atoms with Gasteiger partial charge in [-0.1, -0.05) is 47.7 Å². The van der Waals surface area contributed by atoms with Crippen molar-refractivity contribution in [2.75, 3.05) is 33.0 Å². The number of carbonyl (C=O) groups excluding carboxylic acids is 1. The van der Waals surface area contributed by atoms with Crippen molar-refractivity contribution < 1.29 is 14.4 Å². The molecule has 0 aromatic heterocycles. The van der Waals surface area contributed by atoms with Crippen LogP contribution in [0.4, 0.5) is 0 Å². The Balaban J connectivity index is 1.71. The van der Waals surface area contributed by atoms with Gasteiger partial charge in [0.15, 0.2) is 11.0 Å². The van der Waals surface area contributed by atoms with E-state index in [-0.39, 0.29) is 5.91 Å². The first-order valence-electron chi connectivity index (χ1n) is 7.06. The molecular weight excluding hydrogens is 340 g/mol. The summed E-state index contributed by atoms with van der Waals surface area (Å²) in [5.74, 6) is -0.0102. The number of thioether (sulfide) groups is 1. The number of carbonyl (C=O) groups is 1. The number of benzene rings is 1. The van der Waals surface area contributed by atoms with Crippen LogP contribution in [0.2, 0.25) is 5.02 Å². The van der Waals surface area contributed by atoms with Crippen LogP contribution in [-0.4, -0.2) is 48.1 Å². The molecule has 0 bridgehead atoms. The molecule has 0 unspecified atom stereocenters. The largest absolute Gasteiger partial charge is 0.370 e. The molecule has 0 radical (unpaired) electrons. The first kappa shape index (κ1) is 16.0. The molecule has 4 nitrogen and oxygen atoms in total. The Hall–Kier alpha value is -0.920. The second-order valence-electron chi connectivity index (χ2n) is 5.18. The summed E-state index contributed by atoms with van der Waals surface area (Å²) in [6.07, 6.45) is 1.87. The highest BCUT2D eigenvalue weighted by molar-refractivity contribution is 8.26. The van der Waals surface area contributed by atoms with Crippen LogP contribution in [-0.2, 0) is 9.53 Å². The molecule has 22 heavy (non-hydrogen) atoms. The van der Waals surface area contributed by atoms with Gasteiger partial charge in [0.25, 0.3) is 5.91 Å². The van der Waals surface area contributed by atoms with Crippen molar-refractivity contribution in [3.63, 3.8) is 0 Å². The number of halogens is 1. The number of hydrogen-bond donors (Lipinski definition) is 1. The topological polar surface area (TPSA) is 34.0 Å². The van der Waals surface area contributed by atoms with Gasteiger partial charge in [0, 0.05) is 5.02 Å². The molecule has 7 heteroatoms. The summed E-state index contributed by atoms with van der Waals surface area (Å²) in [5, 5.41) is 0.681. The summed E-state index contributed by atoms with van der Waals surface area (Å²) in [5.41, 5.74) is 0.948. The molecule has 1 aromatic rings. The van der Waals surface area contributed by atoms with E-state index < -0.39 is 0 Å². The van der Waals surface area contributed by atoms with Crippen LogP contribution < -0.4 is 4.90 Å². The number of rotatable bonds is 3. The second-order valence-corrected chi connectivity index (χ2v) is 7.29. The number of hydrogen-bond acceptors (Lipinski definition) is 4. The van der Waals surface area contributed by atoms with Crippen molar-refractivity contribution in [3.05, 3.63) is 39.8 Å². The lowest BCUT2D eigenvalue weighted by molar-refractivity contribution is -0.914. The van der Waals surface area contributed by atoms with Gasteiger partial charge in [-0.3, -0.25) is 4.79 Å². The Bertz CT molecular complexity index is 612. The fourth-order valence-electron chi connectivity index (χ4n) is 2.39. The van der Waals surface area contributed by atoms with Crippen molar-refractivity contribution in [1.29, 1.82) is 0 Å². The third kappa shape index (κ3) is 3.70. The van der Waals surface area contributed by atoms with Gasteiger partial charge in [-0.2, -0.15) is 0 Å². The number of nitrogens with zero attached hydrogens (tertiary/aromatic N) is 1. The van der Waals surface area contributed by atoms with Gasteiger partial charge in [-0.25, -0.2) is 4.90 Å². The standard InChI is InChI=1S/C15H15ClN2O2S2/c16-12-3-1-11(2-4-12)9-13-14(19)18(15(21)22-13)10-17-5-7-20-8-6-17/h1-4,9H,5-8,10H2/p+1/b13-9+. The Kier molecular flexibility index (Phi) is 5.15. The smallest absolute Gasteiger partial charge is 0.270 e. The maximum atomic E-state index is 12.5.